The molecule has 0 spiro atoms. The fourth-order valence-electron chi connectivity index (χ4n) is 2.45. The van der Waals surface area contributed by atoms with Crippen LogP contribution in [0.25, 0.3) is 0 Å². The van der Waals surface area contributed by atoms with Gasteiger partial charge in [-0.3, -0.25) is 9.59 Å². The highest BCUT2D eigenvalue weighted by Crippen LogP contribution is 2.25. The molecule has 0 aliphatic carbocycles. The fourth-order valence-corrected chi connectivity index (χ4v) is 2.90. The molecule has 0 saturated carbocycles. The van der Waals surface area contributed by atoms with E-state index < -0.39 is 0 Å². The Morgan fingerprint density at radius 1 is 1.12 bits per heavy atom. The van der Waals surface area contributed by atoms with Gasteiger partial charge in [0.05, 0.1) is 17.8 Å². The maximum absolute atomic E-state index is 12.5. The molecule has 1 unspecified atom stereocenters. The van der Waals surface area contributed by atoms with Gasteiger partial charge in [0, 0.05) is 23.2 Å². The number of quaternary nitrogens is 1. The van der Waals surface area contributed by atoms with E-state index >= 15 is 0 Å². The number of likely N-dealkylation sites (N-methyl/N-ethyl adjacent to an activating group) is 1. The van der Waals surface area contributed by atoms with Crippen molar-refractivity contribution in [3.05, 3.63) is 63.6 Å². The van der Waals surface area contributed by atoms with Crippen LogP contribution in [0.5, 0.6) is 0 Å². The summed E-state index contributed by atoms with van der Waals surface area (Å²) in [7, 11) is 3.54. The van der Waals surface area contributed by atoms with Crippen molar-refractivity contribution < 1.29 is 14.5 Å². The zero-order valence-electron chi connectivity index (χ0n) is 14.9. The van der Waals surface area contributed by atoms with Crippen LogP contribution < -0.4 is 15.5 Å². The van der Waals surface area contributed by atoms with Crippen molar-refractivity contribution in [1.82, 2.24) is 5.32 Å². The lowest BCUT2D eigenvalue weighted by Gasteiger charge is -2.21. The van der Waals surface area contributed by atoms with Gasteiger partial charge in [-0.2, -0.15) is 0 Å². The van der Waals surface area contributed by atoms with E-state index in [0.717, 1.165) is 10.5 Å². The summed E-state index contributed by atoms with van der Waals surface area (Å²) >= 11 is 12.0. The number of nitrogens with one attached hydrogen (secondary N) is 3. The predicted molar refractivity (Wildman–Crippen MR) is 105 cm³/mol. The Bertz CT molecular complexity index is 794. The Hall–Kier alpha value is -2.08. The molecule has 2 rings (SSSR count). The highest BCUT2D eigenvalue weighted by atomic mass is 35.5. The molecule has 0 bridgehead atoms. The first-order valence-electron chi connectivity index (χ1n) is 8.21. The Morgan fingerprint density at radius 2 is 1.77 bits per heavy atom. The third kappa shape index (κ3) is 5.21. The average molecular weight is 395 g/mol. The van der Waals surface area contributed by atoms with Crippen molar-refractivity contribution in [3.63, 3.8) is 0 Å². The maximum atomic E-state index is 12.5. The van der Waals surface area contributed by atoms with Crippen LogP contribution in [0.3, 0.4) is 0 Å². The molecular formula is C19H22Cl2N3O2+. The van der Waals surface area contributed by atoms with Crippen molar-refractivity contribution in [2.45, 2.75) is 19.5 Å². The molecule has 2 atom stereocenters. The molecule has 5 nitrogen and oxygen atoms in total. The van der Waals surface area contributed by atoms with Gasteiger partial charge < -0.3 is 15.5 Å². The minimum atomic E-state index is -0.291. The minimum absolute atomic E-state index is 0.121. The van der Waals surface area contributed by atoms with Gasteiger partial charge in [-0.1, -0.05) is 35.3 Å². The van der Waals surface area contributed by atoms with E-state index in [1.807, 2.05) is 26.1 Å². The number of halogens is 2. The lowest BCUT2D eigenvalue weighted by Crippen LogP contribution is -3.12. The number of amides is 2. The van der Waals surface area contributed by atoms with Crippen molar-refractivity contribution in [2.75, 3.05) is 19.4 Å². The molecule has 26 heavy (non-hydrogen) atoms. The molecule has 0 heterocycles. The van der Waals surface area contributed by atoms with E-state index in [0.29, 0.717) is 27.8 Å². The molecule has 2 amide bonds. The van der Waals surface area contributed by atoms with E-state index in [4.69, 9.17) is 23.2 Å². The molecule has 0 aliphatic rings. The Kier molecular flexibility index (Phi) is 7.03. The second-order valence-electron chi connectivity index (χ2n) is 6.13. The molecule has 3 N–H and O–H groups in total. The molecule has 2 aromatic carbocycles. The molecule has 2 aromatic rings. The van der Waals surface area contributed by atoms with Crippen molar-refractivity contribution >= 4 is 40.7 Å². The smallest absolute Gasteiger partial charge is 0.282 e. The highest BCUT2D eigenvalue weighted by molar-refractivity contribution is 6.36. The first-order valence-corrected chi connectivity index (χ1v) is 8.96. The first kappa shape index (κ1) is 20.2. The standard InChI is InChI=1S/C19H21Cl2N3O2/c1-12(18(25)23-17-9-8-15(20)10-16(17)21)24(3)11-13-4-6-14(7-5-13)19(26)22-2/h4-10,12H,11H2,1-3H3,(H,22,26)(H,23,25)/p+1/t12-/m0/s1. The third-order valence-corrected chi connectivity index (χ3v) is 4.80. The number of hydrogen-bond acceptors (Lipinski definition) is 2. The summed E-state index contributed by atoms with van der Waals surface area (Å²) in [6.07, 6.45) is 0. The topological polar surface area (TPSA) is 62.6 Å². The summed E-state index contributed by atoms with van der Waals surface area (Å²) in [5.74, 6) is -0.251. The lowest BCUT2D eigenvalue weighted by atomic mass is 10.1. The van der Waals surface area contributed by atoms with Crippen LogP contribution >= 0.6 is 23.2 Å². The lowest BCUT2D eigenvalue weighted by molar-refractivity contribution is -0.907. The molecule has 0 fully saturated rings. The number of carbonyl (C=O) groups is 2. The van der Waals surface area contributed by atoms with Gasteiger partial charge in [0.1, 0.15) is 6.54 Å². The van der Waals surface area contributed by atoms with E-state index in [9.17, 15) is 9.59 Å². The van der Waals surface area contributed by atoms with Crippen molar-refractivity contribution in [2.24, 2.45) is 0 Å². The molecule has 0 saturated heterocycles. The van der Waals surface area contributed by atoms with Crippen LogP contribution in [0, 0.1) is 0 Å². The van der Waals surface area contributed by atoms with Gasteiger partial charge in [-0.05, 0) is 37.3 Å². The monoisotopic (exact) mass is 394 g/mol. The zero-order valence-corrected chi connectivity index (χ0v) is 16.4. The van der Waals surface area contributed by atoms with Crippen LogP contribution in [-0.2, 0) is 11.3 Å². The minimum Gasteiger partial charge on any atom is -0.355 e. The summed E-state index contributed by atoms with van der Waals surface area (Å²) in [6.45, 7) is 2.50. The average Bonchev–Trinajstić information content (AvgIpc) is 2.63. The summed E-state index contributed by atoms with van der Waals surface area (Å²) in [5, 5.41) is 6.34. The number of anilines is 1. The van der Waals surface area contributed by atoms with Crippen LogP contribution in [0.4, 0.5) is 5.69 Å². The number of rotatable bonds is 6. The van der Waals surface area contributed by atoms with Crippen molar-refractivity contribution in [3.8, 4) is 0 Å². The molecule has 0 radical (unpaired) electrons. The molecular weight excluding hydrogens is 373 g/mol. The van der Waals surface area contributed by atoms with E-state index in [-0.39, 0.29) is 17.9 Å². The van der Waals surface area contributed by atoms with E-state index in [2.05, 4.69) is 10.6 Å². The highest BCUT2D eigenvalue weighted by Gasteiger charge is 2.22. The summed E-state index contributed by atoms with van der Waals surface area (Å²) in [6, 6.07) is 12.0. The summed E-state index contributed by atoms with van der Waals surface area (Å²) in [4.78, 5) is 25.1. The quantitative estimate of drug-likeness (QED) is 0.704. The Morgan fingerprint density at radius 3 is 2.35 bits per heavy atom. The number of hydrogen-bond donors (Lipinski definition) is 3. The Balaban J connectivity index is 1.98. The van der Waals surface area contributed by atoms with Gasteiger partial charge in [0.15, 0.2) is 6.04 Å². The second kappa shape index (κ2) is 9.03. The zero-order chi connectivity index (χ0) is 19.3. The van der Waals surface area contributed by atoms with Crippen LogP contribution in [-0.4, -0.2) is 32.0 Å². The van der Waals surface area contributed by atoms with E-state index in [1.165, 1.54) is 0 Å². The molecule has 7 heteroatoms. The normalized spacial score (nSPS) is 13.0. The van der Waals surface area contributed by atoms with Crippen LogP contribution in [0.2, 0.25) is 10.0 Å². The Labute approximate surface area is 163 Å². The van der Waals surface area contributed by atoms with E-state index in [1.54, 1.807) is 37.4 Å². The van der Waals surface area contributed by atoms with Crippen molar-refractivity contribution in [1.29, 1.82) is 0 Å². The molecule has 0 aliphatic heterocycles. The SMILES string of the molecule is CNC(=O)c1ccc(C[NH+](C)[C@@H](C)C(=O)Nc2ccc(Cl)cc2Cl)cc1. The van der Waals surface area contributed by atoms with Crippen LogP contribution in [0.15, 0.2) is 42.5 Å². The predicted octanol–water partition coefficient (Wildman–Crippen LogP) is 2.39. The van der Waals surface area contributed by atoms with Gasteiger partial charge in [0.25, 0.3) is 11.8 Å². The fraction of sp³-hybridized carbons (Fsp3) is 0.263. The number of carbonyl (C=O) groups excluding carboxylic acids is 2. The van der Waals surface area contributed by atoms with Gasteiger partial charge in [-0.25, -0.2) is 0 Å². The first-order chi connectivity index (χ1) is 12.3. The van der Waals surface area contributed by atoms with Gasteiger partial charge in [-0.15, -0.1) is 0 Å². The molecule has 138 valence electrons. The van der Waals surface area contributed by atoms with Gasteiger partial charge >= 0.3 is 0 Å². The second-order valence-corrected chi connectivity index (χ2v) is 6.98. The van der Waals surface area contributed by atoms with Crippen LogP contribution in [0.1, 0.15) is 22.8 Å². The number of benzene rings is 2. The molecule has 0 aromatic heterocycles. The van der Waals surface area contributed by atoms with Gasteiger partial charge in [0.2, 0.25) is 0 Å². The summed E-state index contributed by atoms with van der Waals surface area (Å²) in [5.41, 5.74) is 2.19. The summed E-state index contributed by atoms with van der Waals surface area (Å²) < 4.78 is 0. The largest absolute Gasteiger partial charge is 0.355 e. The third-order valence-electron chi connectivity index (χ3n) is 4.25. The maximum Gasteiger partial charge on any atom is 0.282 e.